The van der Waals surface area contributed by atoms with Crippen LogP contribution in [-0.4, -0.2) is 58.2 Å². The Morgan fingerprint density at radius 1 is 1.26 bits per heavy atom. The number of piperidine rings is 1. The minimum Gasteiger partial charge on any atom is -0.468 e. The van der Waals surface area contributed by atoms with Crippen LogP contribution in [0.3, 0.4) is 0 Å². The number of nitrogens with zero attached hydrogens (tertiary/aromatic N) is 4. The molecule has 0 saturated carbocycles. The van der Waals surface area contributed by atoms with E-state index in [1.165, 1.54) is 11.7 Å². The number of ether oxygens (including phenoxy) is 1. The summed E-state index contributed by atoms with van der Waals surface area (Å²) in [5.41, 5.74) is 1.60. The molecule has 0 unspecified atom stereocenters. The zero-order valence-corrected chi connectivity index (χ0v) is 18.2. The molecule has 1 N–H and O–H groups in total. The highest BCUT2D eigenvalue weighted by Crippen LogP contribution is 2.27. The van der Waals surface area contributed by atoms with E-state index in [9.17, 15) is 9.59 Å². The Morgan fingerprint density at radius 3 is 2.71 bits per heavy atom. The number of hydrogen-bond acceptors (Lipinski definition) is 7. The number of anilines is 1. The van der Waals surface area contributed by atoms with Gasteiger partial charge in [0, 0.05) is 53.9 Å². The van der Waals surface area contributed by atoms with Crippen LogP contribution in [0.2, 0.25) is 5.02 Å². The summed E-state index contributed by atoms with van der Waals surface area (Å²) in [5.74, 6) is 0.265. The van der Waals surface area contributed by atoms with Crippen molar-refractivity contribution in [2.45, 2.75) is 18.9 Å². The van der Waals surface area contributed by atoms with Crippen LogP contribution >= 0.6 is 11.6 Å². The molecule has 1 aliphatic rings. The quantitative estimate of drug-likeness (QED) is 0.609. The summed E-state index contributed by atoms with van der Waals surface area (Å²) in [6, 6.07) is 9.26. The Labute approximate surface area is 184 Å². The fraction of sp³-hybridized carbons (Fsp3) is 0.364. The molecule has 0 amide bonds. The minimum absolute atomic E-state index is 0.165. The van der Waals surface area contributed by atoms with E-state index in [0.717, 1.165) is 31.3 Å². The third-order valence-electron chi connectivity index (χ3n) is 5.61. The number of benzene rings is 1. The van der Waals surface area contributed by atoms with Gasteiger partial charge in [0.15, 0.2) is 0 Å². The van der Waals surface area contributed by atoms with Crippen molar-refractivity contribution in [1.29, 1.82) is 0 Å². The Kier molecular flexibility index (Phi) is 6.20. The molecule has 0 atom stereocenters. The normalized spacial score (nSPS) is 15.2. The summed E-state index contributed by atoms with van der Waals surface area (Å²) >= 11 is 6.30. The molecule has 9 heteroatoms. The Morgan fingerprint density at radius 2 is 2.00 bits per heavy atom. The van der Waals surface area contributed by atoms with Gasteiger partial charge in [-0.2, -0.15) is 4.98 Å². The number of esters is 1. The van der Waals surface area contributed by atoms with Crippen LogP contribution < -0.4 is 10.9 Å². The van der Waals surface area contributed by atoms with Gasteiger partial charge in [-0.3, -0.25) is 19.1 Å². The number of methoxy groups -OCH3 is 1. The number of carbonyl (C=O) groups is 1. The van der Waals surface area contributed by atoms with Crippen molar-refractivity contribution in [3.05, 3.63) is 51.9 Å². The number of carbonyl (C=O) groups excluding carboxylic acids is 1. The first kappa shape index (κ1) is 21.3. The molecule has 4 rings (SSSR count). The molecule has 1 fully saturated rings. The molecule has 162 valence electrons. The summed E-state index contributed by atoms with van der Waals surface area (Å²) in [5, 5.41) is 4.65. The zero-order valence-electron chi connectivity index (χ0n) is 17.5. The maximum absolute atomic E-state index is 13.0. The minimum atomic E-state index is -0.221. The third kappa shape index (κ3) is 4.55. The van der Waals surface area contributed by atoms with Gasteiger partial charge in [0.2, 0.25) is 5.95 Å². The van der Waals surface area contributed by atoms with Gasteiger partial charge in [-0.1, -0.05) is 29.8 Å². The van der Waals surface area contributed by atoms with E-state index in [1.807, 2.05) is 18.2 Å². The molecule has 0 radical (unpaired) electrons. The van der Waals surface area contributed by atoms with E-state index in [0.29, 0.717) is 34.3 Å². The second-order valence-electron chi connectivity index (χ2n) is 7.65. The fourth-order valence-electron chi connectivity index (χ4n) is 3.85. The lowest BCUT2D eigenvalue weighted by molar-refractivity contribution is -0.142. The van der Waals surface area contributed by atoms with Crippen molar-refractivity contribution in [3.63, 3.8) is 0 Å². The maximum atomic E-state index is 13.0. The Hall–Kier alpha value is -2.97. The van der Waals surface area contributed by atoms with E-state index in [4.69, 9.17) is 16.3 Å². The van der Waals surface area contributed by atoms with Crippen molar-refractivity contribution in [2.75, 3.05) is 32.1 Å². The average Bonchev–Trinajstić information content (AvgIpc) is 2.78. The summed E-state index contributed by atoms with van der Waals surface area (Å²) in [6.07, 6.45) is 3.45. The molecule has 1 aromatic carbocycles. The predicted octanol–water partition coefficient (Wildman–Crippen LogP) is 2.70. The van der Waals surface area contributed by atoms with Gasteiger partial charge >= 0.3 is 5.97 Å². The van der Waals surface area contributed by atoms with Crippen LogP contribution in [0.15, 0.2) is 41.3 Å². The highest BCUT2D eigenvalue weighted by atomic mass is 35.5. The van der Waals surface area contributed by atoms with Gasteiger partial charge in [-0.05, 0) is 25.0 Å². The number of halogens is 1. The van der Waals surface area contributed by atoms with Gasteiger partial charge in [0.25, 0.3) is 5.56 Å². The molecular weight excluding hydrogens is 418 g/mol. The van der Waals surface area contributed by atoms with Crippen molar-refractivity contribution >= 4 is 34.6 Å². The summed E-state index contributed by atoms with van der Waals surface area (Å²) in [7, 11) is 3.10. The number of hydrogen-bond donors (Lipinski definition) is 1. The molecule has 31 heavy (non-hydrogen) atoms. The molecule has 2 aromatic heterocycles. The van der Waals surface area contributed by atoms with Gasteiger partial charge in [0.1, 0.15) is 5.65 Å². The van der Waals surface area contributed by atoms with E-state index in [2.05, 4.69) is 20.2 Å². The number of rotatable bonds is 5. The molecule has 3 heterocycles. The zero-order chi connectivity index (χ0) is 22.0. The number of fused-ring (bicyclic) bond motifs is 1. The summed E-state index contributed by atoms with van der Waals surface area (Å²) in [4.78, 5) is 35.5. The predicted molar refractivity (Wildman–Crippen MR) is 120 cm³/mol. The molecule has 0 aliphatic carbocycles. The van der Waals surface area contributed by atoms with Crippen LogP contribution in [0.5, 0.6) is 0 Å². The fourth-order valence-corrected chi connectivity index (χ4v) is 4.09. The van der Waals surface area contributed by atoms with Gasteiger partial charge < -0.3 is 10.1 Å². The lowest BCUT2D eigenvalue weighted by atomic mass is 10.1. The first-order valence-corrected chi connectivity index (χ1v) is 10.5. The summed E-state index contributed by atoms with van der Waals surface area (Å²) < 4.78 is 6.26. The number of pyridine rings is 1. The van der Waals surface area contributed by atoms with E-state index in [1.54, 1.807) is 25.4 Å². The Bertz CT molecular complexity index is 1170. The Balaban J connectivity index is 1.54. The smallest absolute Gasteiger partial charge is 0.319 e. The van der Waals surface area contributed by atoms with Crippen molar-refractivity contribution < 1.29 is 9.53 Å². The van der Waals surface area contributed by atoms with Crippen molar-refractivity contribution in [1.82, 2.24) is 19.4 Å². The van der Waals surface area contributed by atoms with E-state index >= 15 is 0 Å². The second kappa shape index (κ2) is 9.03. The van der Waals surface area contributed by atoms with E-state index in [-0.39, 0.29) is 17.6 Å². The first-order valence-electron chi connectivity index (χ1n) is 10.1. The average molecular weight is 442 g/mol. The highest BCUT2D eigenvalue weighted by Gasteiger charge is 2.22. The van der Waals surface area contributed by atoms with Gasteiger partial charge in [-0.25, -0.2) is 4.98 Å². The van der Waals surface area contributed by atoms with Gasteiger partial charge in [-0.15, -0.1) is 0 Å². The van der Waals surface area contributed by atoms with Crippen LogP contribution in [-0.2, 0) is 16.6 Å². The maximum Gasteiger partial charge on any atom is 0.319 e. The monoisotopic (exact) mass is 441 g/mol. The number of aromatic nitrogens is 3. The van der Waals surface area contributed by atoms with Crippen LogP contribution in [0, 0.1) is 0 Å². The molecule has 0 bridgehead atoms. The van der Waals surface area contributed by atoms with Crippen LogP contribution in [0.4, 0.5) is 5.95 Å². The van der Waals surface area contributed by atoms with Crippen LogP contribution in [0.1, 0.15) is 12.8 Å². The molecule has 3 aromatic rings. The number of aryl methyl sites for hydroxylation is 1. The van der Waals surface area contributed by atoms with Crippen molar-refractivity contribution in [2.24, 2.45) is 7.05 Å². The standard InChI is InChI=1S/C22H24ClN5O3/c1-27-20-14(11-17(21(27)30)16-5-3-4-6-18(16)23)12-24-22(26-20)25-15-7-9-28(10-8-15)13-19(29)31-2/h3-6,11-12,15H,7-10,13H2,1-2H3,(H,24,25,26). The number of likely N-dealkylation sites (tertiary alicyclic amines) is 1. The topological polar surface area (TPSA) is 89.4 Å². The number of nitrogens with one attached hydrogen (secondary N) is 1. The molecule has 1 saturated heterocycles. The lowest BCUT2D eigenvalue weighted by Crippen LogP contribution is -2.41. The largest absolute Gasteiger partial charge is 0.468 e. The summed E-state index contributed by atoms with van der Waals surface area (Å²) in [6.45, 7) is 1.89. The van der Waals surface area contributed by atoms with E-state index < -0.39 is 0 Å². The molecule has 8 nitrogen and oxygen atoms in total. The SMILES string of the molecule is COC(=O)CN1CCC(Nc2ncc3cc(-c4ccccc4Cl)c(=O)n(C)c3n2)CC1. The second-order valence-corrected chi connectivity index (χ2v) is 8.05. The molecule has 0 spiro atoms. The first-order chi connectivity index (χ1) is 15.0. The van der Waals surface area contributed by atoms with Crippen LogP contribution in [0.25, 0.3) is 22.2 Å². The highest BCUT2D eigenvalue weighted by molar-refractivity contribution is 6.33. The van der Waals surface area contributed by atoms with Crippen molar-refractivity contribution in [3.8, 4) is 11.1 Å². The molecular formula is C22H24ClN5O3. The molecule has 1 aliphatic heterocycles. The third-order valence-corrected chi connectivity index (χ3v) is 5.94. The lowest BCUT2D eigenvalue weighted by Gasteiger charge is -2.31. The van der Waals surface area contributed by atoms with Gasteiger partial charge in [0.05, 0.1) is 13.7 Å².